The Hall–Kier alpha value is -2.33. The lowest BCUT2D eigenvalue weighted by molar-refractivity contribution is -0.118. The first-order valence-corrected chi connectivity index (χ1v) is 6.86. The van der Waals surface area contributed by atoms with E-state index in [1.807, 2.05) is 38.1 Å². The smallest absolute Gasteiger partial charge is 0.262 e. The quantitative estimate of drug-likeness (QED) is 0.891. The van der Waals surface area contributed by atoms with E-state index in [-0.39, 0.29) is 12.5 Å². The highest BCUT2D eigenvalue weighted by Crippen LogP contribution is 2.32. The van der Waals surface area contributed by atoms with Crippen LogP contribution in [0.2, 0.25) is 0 Å². The van der Waals surface area contributed by atoms with E-state index in [0.717, 1.165) is 16.7 Å². The Labute approximate surface area is 123 Å². The van der Waals surface area contributed by atoms with Gasteiger partial charge in [-0.1, -0.05) is 24.3 Å². The fraction of sp³-hybridized carbons (Fsp3) is 0.235. The van der Waals surface area contributed by atoms with Crippen LogP contribution in [0.5, 0.6) is 5.75 Å². The average molecular weight is 283 g/mol. The predicted molar refractivity (Wildman–Crippen MR) is 80.5 cm³/mol. The molecule has 1 amide bonds. The minimum atomic E-state index is -0.728. The van der Waals surface area contributed by atoms with E-state index in [1.165, 1.54) is 5.56 Å². The van der Waals surface area contributed by atoms with Crippen molar-refractivity contribution in [3.63, 3.8) is 0 Å². The Balaban J connectivity index is 1.94. The van der Waals surface area contributed by atoms with Crippen LogP contribution in [0.4, 0.5) is 5.69 Å². The highest BCUT2D eigenvalue weighted by molar-refractivity contribution is 5.95. The SMILES string of the molecule is Cc1ccc(C(O)c2ccc3c(c2)NC(=O)CO3)cc1C. The molecule has 1 heterocycles. The minimum absolute atomic E-state index is 0.0338. The molecule has 108 valence electrons. The van der Waals surface area contributed by atoms with Crippen LogP contribution in [0.15, 0.2) is 36.4 Å². The third-order valence-electron chi connectivity index (χ3n) is 3.80. The van der Waals surface area contributed by atoms with E-state index in [2.05, 4.69) is 5.32 Å². The summed E-state index contributed by atoms with van der Waals surface area (Å²) in [4.78, 5) is 11.4. The van der Waals surface area contributed by atoms with Crippen LogP contribution in [-0.4, -0.2) is 17.6 Å². The molecule has 1 atom stereocenters. The highest BCUT2D eigenvalue weighted by Gasteiger charge is 2.19. The summed E-state index contributed by atoms with van der Waals surface area (Å²) < 4.78 is 5.32. The molecule has 0 aliphatic carbocycles. The lowest BCUT2D eigenvalue weighted by Gasteiger charge is -2.20. The maximum absolute atomic E-state index is 11.4. The van der Waals surface area contributed by atoms with E-state index in [9.17, 15) is 9.90 Å². The van der Waals surface area contributed by atoms with Crippen molar-refractivity contribution in [2.24, 2.45) is 0 Å². The number of anilines is 1. The molecule has 2 aromatic carbocycles. The Morgan fingerprint density at radius 1 is 1.10 bits per heavy atom. The maximum atomic E-state index is 11.4. The zero-order valence-electron chi connectivity index (χ0n) is 12.0. The molecule has 4 heteroatoms. The van der Waals surface area contributed by atoms with Crippen LogP contribution < -0.4 is 10.1 Å². The number of aryl methyl sites for hydroxylation is 2. The Morgan fingerprint density at radius 3 is 2.57 bits per heavy atom. The van der Waals surface area contributed by atoms with Gasteiger partial charge in [0, 0.05) is 0 Å². The Morgan fingerprint density at radius 2 is 1.81 bits per heavy atom. The maximum Gasteiger partial charge on any atom is 0.262 e. The van der Waals surface area contributed by atoms with Crippen LogP contribution in [-0.2, 0) is 4.79 Å². The van der Waals surface area contributed by atoms with Gasteiger partial charge in [0.15, 0.2) is 6.61 Å². The largest absolute Gasteiger partial charge is 0.482 e. The second-order valence-electron chi connectivity index (χ2n) is 5.34. The normalized spacial score (nSPS) is 14.9. The molecule has 3 rings (SSSR count). The Kier molecular flexibility index (Phi) is 3.39. The molecule has 2 aromatic rings. The van der Waals surface area contributed by atoms with E-state index in [0.29, 0.717) is 11.4 Å². The zero-order valence-corrected chi connectivity index (χ0v) is 12.0. The van der Waals surface area contributed by atoms with Crippen LogP contribution in [0.3, 0.4) is 0 Å². The molecule has 1 unspecified atom stereocenters. The number of carbonyl (C=O) groups excluding carboxylic acids is 1. The van der Waals surface area contributed by atoms with Gasteiger partial charge in [-0.05, 0) is 48.2 Å². The van der Waals surface area contributed by atoms with Gasteiger partial charge in [0.1, 0.15) is 11.9 Å². The topological polar surface area (TPSA) is 58.6 Å². The van der Waals surface area contributed by atoms with Crippen molar-refractivity contribution < 1.29 is 14.6 Å². The zero-order chi connectivity index (χ0) is 15.0. The monoisotopic (exact) mass is 283 g/mol. The van der Waals surface area contributed by atoms with E-state index >= 15 is 0 Å². The highest BCUT2D eigenvalue weighted by atomic mass is 16.5. The number of nitrogens with one attached hydrogen (secondary N) is 1. The number of hydrogen-bond acceptors (Lipinski definition) is 3. The first kappa shape index (κ1) is 13.6. The summed E-state index contributed by atoms with van der Waals surface area (Å²) >= 11 is 0. The minimum Gasteiger partial charge on any atom is -0.482 e. The molecule has 2 N–H and O–H groups in total. The number of benzene rings is 2. The fourth-order valence-corrected chi connectivity index (χ4v) is 2.40. The molecule has 0 radical (unpaired) electrons. The third-order valence-corrected chi connectivity index (χ3v) is 3.80. The van der Waals surface area contributed by atoms with Crippen LogP contribution in [0.25, 0.3) is 0 Å². The second kappa shape index (κ2) is 5.22. The van der Waals surface area contributed by atoms with Gasteiger partial charge in [-0.3, -0.25) is 4.79 Å². The molecule has 1 aliphatic rings. The number of rotatable bonds is 2. The molecule has 0 fully saturated rings. The molecule has 1 aliphatic heterocycles. The molecule has 0 saturated carbocycles. The van der Waals surface area contributed by atoms with Crippen molar-refractivity contribution in [2.75, 3.05) is 11.9 Å². The van der Waals surface area contributed by atoms with Crippen molar-refractivity contribution in [3.05, 3.63) is 58.7 Å². The summed E-state index contributed by atoms with van der Waals surface area (Å²) in [5.41, 5.74) is 4.49. The number of ether oxygens (including phenoxy) is 1. The summed E-state index contributed by atoms with van der Waals surface area (Å²) in [5, 5.41) is 13.3. The summed E-state index contributed by atoms with van der Waals surface area (Å²) in [6.45, 7) is 4.09. The number of fused-ring (bicyclic) bond motifs is 1. The molecule has 21 heavy (non-hydrogen) atoms. The number of aliphatic hydroxyl groups excluding tert-OH is 1. The number of hydrogen-bond donors (Lipinski definition) is 2. The van der Waals surface area contributed by atoms with E-state index < -0.39 is 6.10 Å². The van der Waals surface area contributed by atoms with Crippen molar-refractivity contribution in [1.82, 2.24) is 0 Å². The summed E-state index contributed by atoms with van der Waals surface area (Å²) in [5.74, 6) is 0.450. The number of carbonyl (C=O) groups is 1. The van der Waals surface area contributed by atoms with Gasteiger partial charge in [0.25, 0.3) is 5.91 Å². The molecule has 0 aromatic heterocycles. The number of amides is 1. The molecule has 4 nitrogen and oxygen atoms in total. The van der Waals surface area contributed by atoms with Crippen molar-refractivity contribution >= 4 is 11.6 Å². The van der Waals surface area contributed by atoms with Gasteiger partial charge in [0.2, 0.25) is 0 Å². The average Bonchev–Trinajstić information content (AvgIpc) is 2.48. The second-order valence-corrected chi connectivity index (χ2v) is 5.34. The van der Waals surface area contributed by atoms with Crippen LogP contribution in [0.1, 0.15) is 28.4 Å². The van der Waals surface area contributed by atoms with E-state index in [1.54, 1.807) is 12.1 Å². The van der Waals surface area contributed by atoms with Crippen molar-refractivity contribution in [1.29, 1.82) is 0 Å². The molecule has 0 saturated heterocycles. The van der Waals surface area contributed by atoms with Gasteiger partial charge >= 0.3 is 0 Å². The van der Waals surface area contributed by atoms with Gasteiger partial charge in [-0.25, -0.2) is 0 Å². The summed E-state index contributed by atoms with van der Waals surface area (Å²) in [7, 11) is 0. The van der Waals surface area contributed by atoms with E-state index in [4.69, 9.17) is 4.74 Å². The molecular formula is C17H17NO3. The van der Waals surface area contributed by atoms with Crippen molar-refractivity contribution in [3.8, 4) is 5.75 Å². The third kappa shape index (κ3) is 2.62. The van der Waals surface area contributed by atoms with Crippen LogP contribution in [0, 0.1) is 13.8 Å². The molecular weight excluding hydrogens is 266 g/mol. The van der Waals surface area contributed by atoms with Crippen molar-refractivity contribution in [2.45, 2.75) is 20.0 Å². The molecule has 0 bridgehead atoms. The van der Waals surface area contributed by atoms with Gasteiger partial charge < -0.3 is 15.2 Å². The van der Waals surface area contributed by atoms with Gasteiger partial charge in [0.05, 0.1) is 5.69 Å². The first-order valence-electron chi connectivity index (χ1n) is 6.86. The fourth-order valence-electron chi connectivity index (χ4n) is 2.40. The van der Waals surface area contributed by atoms with Gasteiger partial charge in [-0.15, -0.1) is 0 Å². The summed E-state index contributed by atoms with van der Waals surface area (Å²) in [6, 6.07) is 11.2. The predicted octanol–water partition coefficient (Wildman–Crippen LogP) is 2.72. The standard InChI is InChI=1S/C17H17NO3/c1-10-3-4-12(7-11(10)2)17(20)13-5-6-15-14(8-13)18-16(19)9-21-15/h3-8,17,20H,9H2,1-2H3,(H,18,19). The summed E-state index contributed by atoms with van der Waals surface area (Å²) in [6.07, 6.45) is -0.728. The lowest BCUT2D eigenvalue weighted by atomic mass is 9.97. The van der Waals surface area contributed by atoms with Crippen LogP contribution >= 0.6 is 0 Å². The Bertz CT molecular complexity index is 709. The number of aliphatic hydroxyl groups is 1. The first-order chi connectivity index (χ1) is 10.0. The van der Waals surface area contributed by atoms with Gasteiger partial charge in [-0.2, -0.15) is 0 Å². The lowest BCUT2D eigenvalue weighted by Crippen LogP contribution is -2.25. The molecule has 0 spiro atoms.